The van der Waals surface area contributed by atoms with Crippen molar-refractivity contribution in [1.82, 2.24) is 4.98 Å². The van der Waals surface area contributed by atoms with Gasteiger partial charge in [0.15, 0.2) is 5.75 Å². The summed E-state index contributed by atoms with van der Waals surface area (Å²) in [5, 5.41) is 8.92. The summed E-state index contributed by atoms with van der Waals surface area (Å²) in [6.45, 7) is -0.152. The molecule has 1 aromatic heterocycles. The fourth-order valence-corrected chi connectivity index (χ4v) is 1.53. The number of aromatic carboxylic acids is 1. The van der Waals surface area contributed by atoms with E-state index in [1.54, 1.807) is 0 Å². The Hall–Kier alpha value is -2.50. The van der Waals surface area contributed by atoms with Gasteiger partial charge in [-0.15, -0.1) is 0 Å². The van der Waals surface area contributed by atoms with Crippen LogP contribution in [0, 0.1) is 11.6 Å². The summed E-state index contributed by atoms with van der Waals surface area (Å²) in [7, 11) is 0. The zero-order valence-electron chi connectivity index (χ0n) is 9.64. The second kappa shape index (κ2) is 5.43. The van der Waals surface area contributed by atoms with Crippen molar-refractivity contribution in [3.05, 3.63) is 59.4 Å². The van der Waals surface area contributed by atoms with Crippen LogP contribution in [0.1, 0.15) is 15.9 Å². The molecular weight excluding hydrogens is 256 g/mol. The fourth-order valence-electron chi connectivity index (χ4n) is 1.53. The molecule has 1 aromatic carbocycles. The average molecular weight is 265 g/mol. The molecule has 19 heavy (non-hydrogen) atoms. The van der Waals surface area contributed by atoms with Gasteiger partial charge in [-0.05, 0) is 23.8 Å². The molecule has 98 valence electrons. The molecule has 1 heterocycles. The van der Waals surface area contributed by atoms with E-state index in [4.69, 9.17) is 9.84 Å². The summed E-state index contributed by atoms with van der Waals surface area (Å²) in [6.07, 6.45) is 2.55. The van der Waals surface area contributed by atoms with Crippen LogP contribution in [0.3, 0.4) is 0 Å². The van der Waals surface area contributed by atoms with Gasteiger partial charge in [0.1, 0.15) is 23.8 Å². The van der Waals surface area contributed by atoms with E-state index in [9.17, 15) is 13.6 Å². The highest BCUT2D eigenvalue weighted by Gasteiger charge is 2.11. The van der Waals surface area contributed by atoms with E-state index in [2.05, 4.69) is 4.98 Å². The molecule has 0 unspecified atom stereocenters. The first kappa shape index (κ1) is 12.9. The van der Waals surface area contributed by atoms with E-state index >= 15 is 0 Å². The average Bonchev–Trinajstić information content (AvgIpc) is 2.35. The summed E-state index contributed by atoms with van der Waals surface area (Å²) in [4.78, 5) is 14.7. The van der Waals surface area contributed by atoms with E-state index in [-0.39, 0.29) is 23.5 Å². The Kier molecular flexibility index (Phi) is 3.70. The number of aromatic nitrogens is 1. The SMILES string of the molecule is O=C(O)c1ccncc1OCc1cc(F)cc(F)c1. The van der Waals surface area contributed by atoms with Gasteiger partial charge in [0.2, 0.25) is 0 Å². The molecular formula is C13H9F2NO3. The van der Waals surface area contributed by atoms with E-state index < -0.39 is 17.6 Å². The number of carbonyl (C=O) groups is 1. The molecule has 0 spiro atoms. The van der Waals surface area contributed by atoms with Gasteiger partial charge >= 0.3 is 5.97 Å². The Morgan fingerprint density at radius 2 is 1.95 bits per heavy atom. The lowest BCUT2D eigenvalue weighted by molar-refractivity contribution is 0.0691. The third kappa shape index (κ3) is 3.25. The van der Waals surface area contributed by atoms with Crippen LogP contribution in [0.5, 0.6) is 5.75 Å². The van der Waals surface area contributed by atoms with Crippen LogP contribution in [-0.4, -0.2) is 16.1 Å². The molecule has 0 saturated heterocycles. The maximum absolute atomic E-state index is 13.0. The molecule has 6 heteroatoms. The molecule has 0 saturated carbocycles. The number of rotatable bonds is 4. The van der Waals surface area contributed by atoms with E-state index in [1.165, 1.54) is 18.5 Å². The molecule has 0 aliphatic heterocycles. The van der Waals surface area contributed by atoms with Gasteiger partial charge < -0.3 is 9.84 Å². The van der Waals surface area contributed by atoms with Crippen molar-refractivity contribution in [2.24, 2.45) is 0 Å². The third-order valence-electron chi connectivity index (χ3n) is 2.33. The first-order valence-electron chi connectivity index (χ1n) is 5.31. The van der Waals surface area contributed by atoms with Gasteiger partial charge in [-0.25, -0.2) is 13.6 Å². The lowest BCUT2D eigenvalue weighted by Gasteiger charge is -2.08. The predicted molar refractivity (Wildman–Crippen MR) is 61.9 cm³/mol. The Balaban J connectivity index is 2.16. The monoisotopic (exact) mass is 265 g/mol. The number of benzene rings is 1. The molecule has 4 nitrogen and oxygen atoms in total. The Labute approximate surface area is 107 Å². The van der Waals surface area contributed by atoms with Crippen molar-refractivity contribution in [1.29, 1.82) is 0 Å². The number of carboxylic acids is 1. The maximum atomic E-state index is 13.0. The van der Waals surface area contributed by atoms with Crippen molar-refractivity contribution in [3.63, 3.8) is 0 Å². The summed E-state index contributed by atoms with van der Waals surface area (Å²) in [5.41, 5.74) is 0.199. The highest BCUT2D eigenvalue weighted by atomic mass is 19.1. The minimum Gasteiger partial charge on any atom is -0.486 e. The molecule has 0 atom stereocenters. The normalized spacial score (nSPS) is 10.2. The lowest BCUT2D eigenvalue weighted by Crippen LogP contribution is -2.04. The first-order valence-corrected chi connectivity index (χ1v) is 5.31. The first-order chi connectivity index (χ1) is 9.06. The second-order valence-corrected chi connectivity index (χ2v) is 3.74. The van der Waals surface area contributed by atoms with Gasteiger partial charge in [0.05, 0.1) is 6.20 Å². The van der Waals surface area contributed by atoms with Crippen molar-refractivity contribution in [2.75, 3.05) is 0 Å². The molecule has 0 bridgehead atoms. The van der Waals surface area contributed by atoms with Crippen LogP contribution in [-0.2, 0) is 6.61 Å². The van der Waals surface area contributed by atoms with Crippen LogP contribution in [0.2, 0.25) is 0 Å². The van der Waals surface area contributed by atoms with Crippen LogP contribution >= 0.6 is 0 Å². The van der Waals surface area contributed by atoms with Gasteiger partial charge in [-0.1, -0.05) is 0 Å². The smallest absolute Gasteiger partial charge is 0.339 e. The van der Waals surface area contributed by atoms with E-state index in [0.29, 0.717) is 0 Å². The van der Waals surface area contributed by atoms with Crippen LogP contribution < -0.4 is 4.74 Å². The van der Waals surface area contributed by atoms with Gasteiger partial charge in [0.25, 0.3) is 0 Å². The van der Waals surface area contributed by atoms with Crippen molar-refractivity contribution >= 4 is 5.97 Å². The number of pyridine rings is 1. The number of ether oxygens (including phenoxy) is 1. The Morgan fingerprint density at radius 1 is 1.26 bits per heavy atom. The summed E-state index contributed by atoms with van der Waals surface area (Å²) >= 11 is 0. The largest absolute Gasteiger partial charge is 0.486 e. The van der Waals surface area contributed by atoms with Crippen LogP contribution in [0.15, 0.2) is 36.7 Å². The minimum atomic E-state index is -1.16. The van der Waals surface area contributed by atoms with Crippen molar-refractivity contribution in [2.45, 2.75) is 6.61 Å². The quantitative estimate of drug-likeness (QED) is 0.923. The Bertz CT molecular complexity index is 596. The van der Waals surface area contributed by atoms with Gasteiger partial charge in [-0.3, -0.25) is 4.98 Å². The lowest BCUT2D eigenvalue weighted by atomic mass is 10.2. The zero-order valence-corrected chi connectivity index (χ0v) is 9.64. The van der Waals surface area contributed by atoms with Crippen molar-refractivity contribution < 1.29 is 23.4 Å². The van der Waals surface area contributed by atoms with E-state index in [1.807, 2.05) is 0 Å². The number of nitrogens with zero attached hydrogens (tertiary/aromatic N) is 1. The number of hydrogen-bond donors (Lipinski definition) is 1. The zero-order chi connectivity index (χ0) is 13.8. The second-order valence-electron chi connectivity index (χ2n) is 3.74. The number of halogens is 2. The minimum absolute atomic E-state index is 0.0414. The van der Waals surface area contributed by atoms with Gasteiger partial charge in [0, 0.05) is 12.3 Å². The highest BCUT2D eigenvalue weighted by molar-refractivity contribution is 5.90. The standard InChI is InChI=1S/C13H9F2NO3/c14-9-3-8(4-10(15)5-9)7-19-12-6-16-2-1-11(12)13(17)18/h1-6H,7H2,(H,17,18). The molecule has 2 aromatic rings. The molecule has 0 aliphatic carbocycles. The van der Waals surface area contributed by atoms with Gasteiger partial charge in [-0.2, -0.15) is 0 Å². The molecule has 1 N–H and O–H groups in total. The number of hydrogen-bond acceptors (Lipinski definition) is 3. The summed E-state index contributed by atoms with van der Waals surface area (Å²) in [5.74, 6) is -2.56. The third-order valence-corrected chi connectivity index (χ3v) is 2.33. The van der Waals surface area contributed by atoms with Crippen molar-refractivity contribution in [3.8, 4) is 5.75 Å². The topological polar surface area (TPSA) is 59.4 Å². The predicted octanol–water partition coefficient (Wildman–Crippen LogP) is 2.64. The van der Waals surface area contributed by atoms with E-state index in [0.717, 1.165) is 18.2 Å². The summed E-state index contributed by atoms with van der Waals surface area (Å²) in [6, 6.07) is 4.25. The number of carboxylic acid groups (broad SMARTS) is 1. The van der Waals surface area contributed by atoms with Crippen LogP contribution in [0.4, 0.5) is 8.78 Å². The van der Waals surface area contributed by atoms with Crippen LogP contribution in [0.25, 0.3) is 0 Å². The Morgan fingerprint density at radius 3 is 2.58 bits per heavy atom. The fraction of sp³-hybridized carbons (Fsp3) is 0.0769. The molecule has 0 amide bonds. The molecule has 0 fully saturated rings. The maximum Gasteiger partial charge on any atom is 0.339 e. The molecule has 0 aliphatic rings. The highest BCUT2D eigenvalue weighted by Crippen LogP contribution is 2.18. The molecule has 2 rings (SSSR count). The molecule has 0 radical (unpaired) electrons. The summed E-state index contributed by atoms with van der Waals surface area (Å²) < 4.78 is 31.1.